The van der Waals surface area contributed by atoms with Gasteiger partial charge in [0.2, 0.25) is 5.91 Å². The molecule has 2 atom stereocenters. The molecule has 1 saturated heterocycles. The van der Waals surface area contributed by atoms with Gasteiger partial charge in [-0.15, -0.1) is 0 Å². The lowest BCUT2D eigenvalue weighted by molar-refractivity contribution is -0.314. The molecule has 6 nitrogen and oxygen atoms in total. The summed E-state index contributed by atoms with van der Waals surface area (Å²) in [7, 11) is 3.05. The normalized spacial score (nSPS) is 21.6. The molecule has 0 saturated carbocycles. The van der Waals surface area contributed by atoms with E-state index in [-0.39, 0.29) is 18.7 Å². The first-order valence-electron chi connectivity index (χ1n) is 7.25. The number of likely N-dealkylation sites (tertiary alicyclic amines) is 1. The van der Waals surface area contributed by atoms with E-state index in [1.54, 1.807) is 23.1 Å². The van der Waals surface area contributed by atoms with Crippen LogP contribution in [0.15, 0.2) is 18.2 Å². The first kappa shape index (κ1) is 16.1. The summed E-state index contributed by atoms with van der Waals surface area (Å²) in [5.41, 5.74) is 0.631. The summed E-state index contributed by atoms with van der Waals surface area (Å²) in [5.74, 6) is -0.860. The van der Waals surface area contributed by atoms with Crippen LogP contribution in [0.3, 0.4) is 0 Å². The minimum Gasteiger partial charge on any atom is -0.550 e. The third-order valence-electron chi connectivity index (χ3n) is 4.11. The molecule has 0 spiro atoms. The molecule has 1 aliphatic rings. The minimum atomic E-state index is -1.15. The summed E-state index contributed by atoms with van der Waals surface area (Å²) in [5, 5.41) is 11.5. The first-order chi connectivity index (χ1) is 10.5. The van der Waals surface area contributed by atoms with Gasteiger partial charge in [-0.3, -0.25) is 4.79 Å². The SMILES string of the molecule is CCN1C(=O)CC[C@@H](C(=O)[O-])[C@@H]1c1cc(OC)ccc1OC. The van der Waals surface area contributed by atoms with Gasteiger partial charge in [0.25, 0.3) is 0 Å². The summed E-state index contributed by atoms with van der Waals surface area (Å²) in [6.07, 6.45) is 0.484. The first-order valence-corrected chi connectivity index (χ1v) is 7.25. The number of benzene rings is 1. The average molecular weight is 306 g/mol. The lowest BCUT2D eigenvalue weighted by Gasteiger charge is -2.42. The molecule has 0 aromatic heterocycles. The molecule has 0 bridgehead atoms. The molecule has 0 unspecified atom stereocenters. The maximum atomic E-state index is 12.2. The van der Waals surface area contributed by atoms with Crippen molar-refractivity contribution in [1.29, 1.82) is 0 Å². The molecule has 1 aromatic rings. The lowest BCUT2D eigenvalue weighted by atomic mass is 9.84. The van der Waals surface area contributed by atoms with E-state index in [0.717, 1.165) is 0 Å². The molecule has 2 rings (SSSR count). The third kappa shape index (κ3) is 2.86. The zero-order valence-corrected chi connectivity index (χ0v) is 13.0. The van der Waals surface area contributed by atoms with E-state index in [2.05, 4.69) is 0 Å². The van der Waals surface area contributed by atoms with Crippen molar-refractivity contribution in [1.82, 2.24) is 4.90 Å². The van der Waals surface area contributed by atoms with Gasteiger partial charge in [-0.25, -0.2) is 0 Å². The zero-order valence-electron chi connectivity index (χ0n) is 13.0. The molecule has 0 N–H and O–H groups in total. The van der Waals surface area contributed by atoms with Crippen LogP contribution in [0.2, 0.25) is 0 Å². The van der Waals surface area contributed by atoms with Crippen molar-refractivity contribution in [2.24, 2.45) is 5.92 Å². The van der Waals surface area contributed by atoms with Crippen LogP contribution in [-0.4, -0.2) is 37.5 Å². The van der Waals surface area contributed by atoms with E-state index in [4.69, 9.17) is 9.47 Å². The number of aliphatic carboxylic acids is 1. The topological polar surface area (TPSA) is 78.9 Å². The second-order valence-electron chi connectivity index (χ2n) is 5.20. The maximum absolute atomic E-state index is 12.2. The van der Waals surface area contributed by atoms with Crippen LogP contribution in [-0.2, 0) is 9.59 Å². The van der Waals surface area contributed by atoms with Gasteiger partial charge < -0.3 is 24.3 Å². The predicted molar refractivity (Wildman–Crippen MR) is 77.4 cm³/mol. The molecule has 1 aliphatic heterocycles. The van der Waals surface area contributed by atoms with Crippen molar-refractivity contribution < 1.29 is 24.2 Å². The predicted octanol–water partition coefficient (Wildman–Crippen LogP) is 0.753. The Morgan fingerprint density at radius 3 is 2.64 bits per heavy atom. The number of carbonyl (C=O) groups is 2. The number of ether oxygens (including phenoxy) is 2. The van der Waals surface area contributed by atoms with Gasteiger partial charge in [-0.2, -0.15) is 0 Å². The number of nitrogens with zero attached hydrogens (tertiary/aromatic N) is 1. The van der Waals surface area contributed by atoms with Gasteiger partial charge in [0.05, 0.1) is 20.3 Å². The Hall–Kier alpha value is -2.24. The second-order valence-corrected chi connectivity index (χ2v) is 5.20. The summed E-state index contributed by atoms with van der Waals surface area (Å²) in [4.78, 5) is 25.3. The Morgan fingerprint density at radius 2 is 2.09 bits per heavy atom. The molecule has 0 aliphatic carbocycles. The fraction of sp³-hybridized carbons (Fsp3) is 0.500. The van der Waals surface area contributed by atoms with Crippen molar-refractivity contribution in [2.75, 3.05) is 20.8 Å². The third-order valence-corrected chi connectivity index (χ3v) is 4.11. The van der Waals surface area contributed by atoms with Gasteiger partial charge in [0.15, 0.2) is 0 Å². The molecule has 6 heteroatoms. The summed E-state index contributed by atoms with van der Waals surface area (Å²) >= 11 is 0. The summed E-state index contributed by atoms with van der Waals surface area (Å²) < 4.78 is 10.6. The fourth-order valence-electron chi connectivity index (χ4n) is 3.03. The average Bonchev–Trinajstić information content (AvgIpc) is 2.53. The number of rotatable bonds is 5. The van der Waals surface area contributed by atoms with Crippen molar-refractivity contribution in [2.45, 2.75) is 25.8 Å². The van der Waals surface area contributed by atoms with E-state index < -0.39 is 17.9 Å². The van der Waals surface area contributed by atoms with Gasteiger partial charge in [-0.1, -0.05) is 0 Å². The quantitative estimate of drug-likeness (QED) is 0.802. The highest BCUT2D eigenvalue weighted by molar-refractivity contribution is 5.81. The highest BCUT2D eigenvalue weighted by Crippen LogP contribution is 2.41. The molecule has 22 heavy (non-hydrogen) atoms. The number of piperidine rings is 1. The van der Waals surface area contributed by atoms with Crippen LogP contribution in [0.4, 0.5) is 0 Å². The van der Waals surface area contributed by atoms with Gasteiger partial charge in [0, 0.05) is 30.4 Å². The number of hydrogen-bond acceptors (Lipinski definition) is 5. The number of amides is 1. The highest BCUT2D eigenvalue weighted by atomic mass is 16.5. The van der Waals surface area contributed by atoms with Crippen molar-refractivity contribution in [3.05, 3.63) is 23.8 Å². The Bertz CT molecular complexity index is 570. The van der Waals surface area contributed by atoms with E-state index in [9.17, 15) is 14.7 Å². The van der Waals surface area contributed by atoms with E-state index in [1.165, 1.54) is 14.2 Å². The molecule has 1 aromatic carbocycles. The zero-order chi connectivity index (χ0) is 16.3. The number of carboxylic acid groups (broad SMARTS) is 1. The van der Waals surface area contributed by atoms with Crippen molar-refractivity contribution in [3.8, 4) is 11.5 Å². The van der Waals surface area contributed by atoms with E-state index in [0.29, 0.717) is 23.6 Å². The molecular weight excluding hydrogens is 286 g/mol. The van der Waals surface area contributed by atoms with Crippen LogP contribution in [0.25, 0.3) is 0 Å². The number of carbonyl (C=O) groups excluding carboxylic acids is 2. The number of methoxy groups -OCH3 is 2. The second kappa shape index (κ2) is 6.68. The largest absolute Gasteiger partial charge is 0.550 e. The van der Waals surface area contributed by atoms with Gasteiger partial charge in [-0.05, 0) is 31.5 Å². The fourth-order valence-corrected chi connectivity index (χ4v) is 3.03. The summed E-state index contributed by atoms with van der Waals surface area (Å²) in [6.45, 7) is 2.25. The molecule has 1 amide bonds. The van der Waals surface area contributed by atoms with Gasteiger partial charge >= 0.3 is 0 Å². The molecule has 120 valence electrons. The standard InChI is InChI=1S/C16H21NO5/c1-4-17-14(18)8-6-11(16(19)20)15(17)12-9-10(21-2)5-7-13(12)22-3/h5,7,9,11,15H,4,6,8H2,1-3H3,(H,19,20)/p-1/t11-,15-/m1/s1. The molecule has 1 heterocycles. The molecule has 1 fully saturated rings. The molecule has 0 radical (unpaired) electrons. The number of carboxylic acids is 1. The smallest absolute Gasteiger partial charge is 0.223 e. The van der Waals surface area contributed by atoms with Crippen LogP contribution in [0.1, 0.15) is 31.4 Å². The Morgan fingerprint density at radius 1 is 1.36 bits per heavy atom. The minimum absolute atomic E-state index is 0.0603. The van der Waals surface area contributed by atoms with E-state index in [1.807, 2.05) is 6.92 Å². The van der Waals surface area contributed by atoms with E-state index >= 15 is 0 Å². The van der Waals surface area contributed by atoms with Crippen molar-refractivity contribution in [3.63, 3.8) is 0 Å². The Kier molecular flexibility index (Phi) is 4.90. The monoisotopic (exact) mass is 306 g/mol. The summed E-state index contributed by atoms with van der Waals surface area (Å²) in [6, 6.07) is 4.56. The van der Waals surface area contributed by atoms with Crippen LogP contribution in [0, 0.1) is 5.92 Å². The lowest BCUT2D eigenvalue weighted by Crippen LogP contribution is -2.48. The van der Waals surface area contributed by atoms with Crippen molar-refractivity contribution >= 4 is 11.9 Å². The van der Waals surface area contributed by atoms with Crippen LogP contribution < -0.4 is 14.6 Å². The highest BCUT2D eigenvalue weighted by Gasteiger charge is 2.38. The number of hydrogen-bond donors (Lipinski definition) is 0. The Labute approximate surface area is 129 Å². The van der Waals surface area contributed by atoms with Crippen LogP contribution >= 0.6 is 0 Å². The maximum Gasteiger partial charge on any atom is 0.223 e. The molecular formula is C16H20NO5-. The Balaban J connectivity index is 2.56. The van der Waals surface area contributed by atoms with Crippen LogP contribution in [0.5, 0.6) is 11.5 Å². The van der Waals surface area contributed by atoms with Gasteiger partial charge in [0.1, 0.15) is 11.5 Å².